The van der Waals surface area contributed by atoms with E-state index in [9.17, 15) is 17.6 Å². The fraction of sp³-hybridized carbons (Fsp3) is 0.278. The van der Waals surface area contributed by atoms with Crippen LogP contribution in [0.5, 0.6) is 11.5 Å². The number of methoxy groups -OCH3 is 1. The molecular formula is C18H21FN2O5S. The number of carbonyl (C=O) groups excluding carboxylic acids is 1. The van der Waals surface area contributed by atoms with Crippen LogP contribution >= 0.6 is 0 Å². The lowest BCUT2D eigenvalue weighted by Gasteiger charge is -2.17. The second-order valence-corrected chi connectivity index (χ2v) is 7.94. The van der Waals surface area contributed by atoms with Crippen molar-refractivity contribution in [1.29, 1.82) is 0 Å². The molecule has 146 valence electrons. The Morgan fingerprint density at radius 3 is 2.30 bits per heavy atom. The van der Waals surface area contributed by atoms with Gasteiger partial charge in [-0.05, 0) is 29.8 Å². The zero-order valence-corrected chi connectivity index (χ0v) is 16.0. The monoisotopic (exact) mass is 396 g/mol. The van der Waals surface area contributed by atoms with Gasteiger partial charge in [0.05, 0.1) is 19.3 Å². The van der Waals surface area contributed by atoms with Crippen LogP contribution in [0.1, 0.15) is 15.9 Å². The minimum atomic E-state index is -4.19. The van der Waals surface area contributed by atoms with Crippen molar-refractivity contribution in [3.63, 3.8) is 0 Å². The molecule has 0 saturated carbocycles. The van der Waals surface area contributed by atoms with Gasteiger partial charge in [0.25, 0.3) is 5.91 Å². The number of nitrogens with zero attached hydrogens (tertiary/aromatic N) is 1. The molecule has 0 spiro atoms. The second-order valence-electron chi connectivity index (χ2n) is 5.85. The van der Waals surface area contributed by atoms with E-state index in [1.54, 1.807) is 19.2 Å². The SMILES string of the molecule is COc1ccc(CCOc2ccc(C(N)=O)c(F)c2S(=O)(=O)N(C)C)cc1. The summed E-state index contributed by atoms with van der Waals surface area (Å²) in [6, 6.07) is 9.60. The number of primary amides is 1. The molecule has 0 saturated heterocycles. The molecule has 1 amide bonds. The van der Waals surface area contributed by atoms with Crippen molar-refractivity contribution in [2.75, 3.05) is 27.8 Å². The Hall–Kier alpha value is -2.65. The molecule has 0 fully saturated rings. The van der Waals surface area contributed by atoms with Gasteiger partial charge in [-0.2, -0.15) is 0 Å². The van der Waals surface area contributed by atoms with Gasteiger partial charge in [0, 0.05) is 20.5 Å². The van der Waals surface area contributed by atoms with E-state index in [2.05, 4.69) is 0 Å². The summed E-state index contributed by atoms with van der Waals surface area (Å²) < 4.78 is 51.1. The highest BCUT2D eigenvalue weighted by Gasteiger charge is 2.30. The highest BCUT2D eigenvalue weighted by molar-refractivity contribution is 7.89. The van der Waals surface area contributed by atoms with Gasteiger partial charge < -0.3 is 15.2 Å². The maximum atomic E-state index is 14.7. The Bertz CT molecular complexity index is 928. The number of sulfonamides is 1. The van der Waals surface area contributed by atoms with Gasteiger partial charge in [0.1, 0.15) is 11.5 Å². The van der Waals surface area contributed by atoms with E-state index in [4.69, 9.17) is 15.2 Å². The molecule has 0 heterocycles. The van der Waals surface area contributed by atoms with E-state index in [0.717, 1.165) is 15.9 Å². The topological polar surface area (TPSA) is 98.9 Å². The number of nitrogens with two attached hydrogens (primary N) is 1. The molecule has 7 nitrogen and oxygen atoms in total. The average molecular weight is 396 g/mol. The molecule has 0 aromatic heterocycles. The molecule has 0 unspecified atom stereocenters. The summed E-state index contributed by atoms with van der Waals surface area (Å²) in [6.45, 7) is 0.109. The number of benzene rings is 2. The molecule has 2 aromatic carbocycles. The van der Waals surface area contributed by atoms with Crippen molar-refractivity contribution in [2.24, 2.45) is 5.73 Å². The highest BCUT2D eigenvalue weighted by Crippen LogP contribution is 2.31. The minimum absolute atomic E-state index is 0.109. The van der Waals surface area contributed by atoms with Crippen molar-refractivity contribution >= 4 is 15.9 Å². The lowest BCUT2D eigenvalue weighted by molar-refractivity contribution is 0.0995. The third kappa shape index (κ3) is 4.55. The summed E-state index contributed by atoms with van der Waals surface area (Å²) in [5, 5.41) is 0. The Morgan fingerprint density at radius 1 is 1.15 bits per heavy atom. The molecule has 27 heavy (non-hydrogen) atoms. The maximum absolute atomic E-state index is 14.7. The van der Waals surface area contributed by atoms with Gasteiger partial charge in [-0.3, -0.25) is 4.79 Å². The number of carbonyl (C=O) groups is 1. The molecule has 2 rings (SSSR count). The molecule has 0 aliphatic heterocycles. The molecule has 0 aliphatic carbocycles. The van der Waals surface area contributed by atoms with Crippen LogP contribution in [0.2, 0.25) is 0 Å². The molecule has 0 aliphatic rings. The van der Waals surface area contributed by atoms with Gasteiger partial charge >= 0.3 is 0 Å². The molecule has 0 radical (unpaired) electrons. The maximum Gasteiger partial charge on any atom is 0.251 e. The summed E-state index contributed by atoms with van der Waals surface area (Å²) in [7, 11) is -0.111. The third-order valence-corrected chi connectivity index (χ3v) is 5.73. The lowest BCUT2D eigenvalue weighted by atomic mass is 10.1. The largest absolute Gasteiger partial charge is 0.497 e. The normalized spacial score (nSPS) is 11.4. The molecule has 0 bridgehead atoms. The van der Waals surface area contributed by atoms with Crippen LogP contribution in [0.3, 0.4) is 0 Å². The Morgan fingerprint density at radius 2 is 1.78 bits per heavy atom. The van der Waals surface area contributed by atoms with Crippen molar-refractivity contribution in [2.45, 2.75) is 11.3 Å². The first-order valence-corrected chi connectivity index (χ1v) is 9.43. The Balaban J connectivity index is 2.30. The first-order chi connectivity index (χ1) is 12.7. The minimum Gasteiger partial charge on any atom is -0.497 e. The lowest BCUT2D eigenvalue weighted by Crippen LogP contribution is -2.26. The zero-order valence-electron chi connectivity index (χ0n) is 15.2. The first-order valence-electron chi connectivity index (χ1n) is 7.99. The number of ether oxygens (including phenoxy) is 2. The van der Waals surface area contributed by atoms with E-state index < -0.39 is 32.2 Å². The van der Waals surface area contributed by atoms with Crippen LogP contribution < -0.4 is 15.2 Å². The highest BCUT2D eigenvalue weighted by atomic mass is 32.2. The first kappa shape index (κ1) is 20.7. The van der Waals surface area contributed by atoms with E-state index in [0.29, 0.717) is 12.2 Å². The summed E-state index contributed by atoms with van der Waals surface area (Å²) in [4.78, 5) is 10.6. The predicted octanol–water partition coefficient (Wildman–Crippen LogP) is 1.81. The van der Waals surface area contributed by atoms with Crippen LogP contribution in [0.4, 0.5) is 4.39 Å². The van der Waals surface area contributed by atoms with Gasteiger partial charge in [-0.1, -0.05) is 12.1 Å². The number of hydrogen-bond donors (Lipinski definition) is 1. The number of hydrogen-bond acceptors (Lipinski definition) is 5. The standard InChI is InChI=1S/C18H21FN2O5S/c1-21(2)27(23,24)17-15(9-8-14(16(17)19)18(20)22)26-11-10-12-4-6-13(25-3)7-5-12/h4-9H,10-11H2,1-3H3,(H2,20,22). The summed E-state index contributed by atoms with van der Waals surface area (Å²) in [5.41, 5.74) is 5.53. The predicted molar refractivity (Wildman–Crippen MR) is 98.0 cm³/mol. The van der Waals surface area contributed by atoms with E-state index in [-0.39, 0.29) is 12.4 Å². The fourth-order valence-electron chi connectivity index (χ4n) is 2.34. The van der Waals surface area contributed by atoms with Crippen LogP contribution in [-0.4, -0.2) is 46.4 Å². The van der Waals surface area contributed by atoms with Crippen LogP contribution in [0.25, 0.3) is 0 Å². The number of halogens is 1. The molecule has 9 heteroatoms. The zero-order chi connectivity index (χ0) is 20.2. The van der Waals surface area contributed by atoms with Crippen molar-refractivity contribution in [3.05, 3.63) is 53.3 Å². The second kappa shape index (κ2) is 8.36. The smallest absolute Gasteiger partial charge is 0.251 e. The van der Waals surface area contributed by atoms with E-state index >= 15 is 0 Å². The van der Waals surface area contributed by atoms with E-state index in [1.807, 2.05) is 12.1 Å². The molecule has 0 atom stereocenters. The quantitative estimate of drug-likeness (QED) is 0.734. The van der Waals surface area contributed by atoms with Gasteiger partial charge in [-0.15, -0.1) is 0 Å². The number of amides is 1. The summed E-state index contributed by atoms with van der Waals surface area (Å²) >= 11 is 0. The van der Waals surface area contributed by atoms with E-state index in [1.165, 1.54) is 20.2 Å². The summed E-state index contributed by atoms with van der Waals surface area (Å²) in [6.07, 6.45) is 0.463. The third-order valence-electron chi connectivity index (χ3n) is 3.87. The van der Waals surface area contributed by atoms with Gasteiger partial charge in [0.2, 0.25) is 10.0 Å². The summed E-state index contributed by atoms with van der Waals surface area (Å²) in [5.74, 6) is -1.76. The molecular weight excluding hydrogens is 375 g/mol. The fourth-order valence-corrected chi connectivity index (χ4v) is 3.42. The number of rotatable bonds is 8. The van der Waals surface area contributed by atoms with Crippen LogP contribution in [0.15, 0.2) is 41.3 Å². The van der Waals surface area contributed by atoms with Crippen LogP contribution in [0, 0.1) is 5.82 Å². The molecule has 2 aromatic rings. The average Bonchev–Trinajstić information content (AvgIpc) is 2.61. The van der Waals surface area contributed by atoms with Gasteiger partial charge in [0.15, 0.2) is 10.7 Å². The van der Waals surface area contributed by atoms with Gasteiger partial charge in [-0.25, -0.2) is 17.1 Å². The van der Waals surface area contributed by atoms with Crippen molar-refractivity contribution in [3.8, 4) is 11.5 Å². The Labute approximate surface area is 157 Å². The van der Waals surface area contributed by atoms with Crippen LogP contribution in [-0.2, 0) is 16.4 Å². The molecule has 2 N–H and O–H groups in total. The Kier molecular flexibility index (Phi) is 6.40. The van der Waals surface area contributed by atoms with Crippen molar-refractivity contribution in [1.82, 2.24) is 4.31 Å². The van der Waals surface area contributed by atoms with Crippen molar-refractivity contribution < 1.29 is 27.1 Å².